The first-order valence-electron chi connectivity index (χ1n) is 8.79. The number of aromatic nitrogens is 1. The lowest BCUT2D eigenvalue weighted by Crippen LogP contribution is -1.92. The summed E-state index contributed by atoms with van der Waals surface area (Å²) in [4.78, 5) is 4.54. The SMILES string of the molecule is COc1c(C)cc(-c2ccc3nc(-c4ccc(F)c(C)c4)oc3c2)cc1C. The van der Waals surface area contributed by atoms with Crippen molar-refractivity contribution in [3.05, 3.63) is 71.0 Å². The minimum atomic E-state index is -0.234. The Balaban J connectivity index is 1.78. The number of rotatable bonds is 3. The number of halogens is 1. The predicted molar refractivity (Wildman–Crippen MR) is 106 cm³/mol. The van der Waals surface area contributed by atoms with E-state index < -0.39 is 0 Å². The summed E-state index contributed by atoms with van der Waals surface area (Å²) in [6.07, 6.45) is 0. The van der Waals surface area contributed by atoms with E-state index in [1.54, 1.807) is 26.2 Å². The quantitative estimate of drug-likeness (QED) is 0.433. The van der Waals surface area contributed by atoms with Gasteiger partial charge in [-0.05, 0) is 91.1 Å². The van der Waals surface area contributed by atoms with Crippen LogP contribution in [0, 0.1) is 26.6 Å². The van der Waals surface area contributed by atoms with Crippen molar-refractivity contribution in [1.29, 1.82) is 0 Å². The summed E-state index contributed by atoms with van der Waals surface area (Å²) in [5.41, 5.74) is 7.15. The van der Waals surface area contributed by atoms with Crippen molar-refractivity contribution < 1.29 is 13.5 Å². The number of ether oxygens (including phenoxy) is 1. The third-order valence-electron chi connectivity index (χ3n) is 4.79. The summed E-state index contributed by atoms with van der Waals surface area (Å²) in [5.74, 6) is 1.17. The molecule has 3 aromatic carbocycles. The van der Waals surface area contributed by atoms with Gasteiger partial charge in [0.15, 0.2) is 5.58 Å². The first-order valence-corrected chi connectivity index (χ1v) is 8.79. The molecule has 0 saturated heterocycles. The third-order valence-corrected chi connectivity index (χ3v) is 4.79. The Kier molecular flexibility index (Phi) is 4.19. The van der Waals surface area contributed by atoms with Crippen LogP contribution in [0.25, 0.3) is 33.7 Å². The number of hydrogen-bond donors (Lipinski definition) is 0. The first kappa shape index (κ1) is 17.3. The van der Waals surface area contributed by atoms with Gasteiger partial charge in [-0.3, -0.25) is 0 Å². The van der Waals surface area contributed by atoms with Crippen molar-refractivity contribution in [2.24, 2.45) is 0 Å². The number of aryl methyl sites for hydroxylation is 3. The van der Waals surface area contributed by atoms with E-state index in [4.69, 9.17) is 9.15 Å². The van der Waals surface area contributed by atoms with Crippen LogP contribution in [-0.2, 0) is 0 Å². The fraction of sp³-hybridized carbons (Fsp3) is 0.174. The molecule has 0 N–H and O–H groups in total. The van der Waals surface area contributed by atoms with E-state index >= 15 is 0 Å². The van der Waals surface area contributed by atoms with E-state index in [0.29, 0.717) is 17.0 Å². The van der Waals surface area contributed by atoms with Crippen LogP contribution in [0.2, 0.25) is 0 Å². The van der Waals surface area contributed by atoms with Crippen LogP contribution < -0.4 is 4.74 Å². The molecule has 0 bridgehead atoms. The van der Waals surface area contributed by atoms with Crippen LogP contribution in [-0.4, -0.2) is 12.1 Å². The van der Waals surface area contributed by atoms with Gasteiger partial charge < -0.3 is 9.15 Å². The van der Waals surface area contributed by atoms with Gasteiger partial charge in [0.2, 0.25) is 5.89 Å². The van der Waals surface area contributed by atoms with Crippen molar-refractivity contribution in [2.75, 3.05) is 7.11 Å². The van der Waals surface area contributed by atoms with Gasteiger partial charge in [0, 0.05) is 5.56 Å². The zero-order chi connectivity index (χ0) is 19.1. The minimum absolute atomic E-state index is 0.234. The zero-order valence-electron chi connectivity index (χ0n) is 15.8. The summed E-state index contributed by atoms with van der Waals surface area (Å²) in [6, 6.07) is 15.0. The van der Waals surface area contributed by atoms with Crippen LogP contribution in [0.15, 0.2) is 52.9 Å². The molecular formula is C23H20FNO2. The molecule has 1 aromatic heterocycles. The maximum absolute atomic E-state index is 13.5. The van der Waals surface area contributed by atoms with E-state index in [1.165, 1.54) is 6.07 Å². The predicted octanol–water partition coefficient (Wildman–Crippen LogP) is 6.23. The van der Waals surface area contributed by atoms with E-state index in [2.05, 4.69) is 17.1 Å². The van der Waals surface area contributed by atoms with Gasteiger partial charge in [-0.2, -0.15) is 0 Å². The molecule has 27 heavy (non-hydrogen) atoms. The van der Waals surface area contributed by atoms with Gasteiger partial charge in [-0.15, -0.1) is 0 Å². The van der Waals surface area contributed by atoms with Gasteiger partial charge in [0.05, 0.1) is 7.11 Å². The average molecular weight is 361 g/mol. The monoisotopic (exact) mass is 361 g/mol. The second-order valence-electron chi connectivity index (χ2n) is 6.81. The van der Waals surface area contributed by atoms with Gasteiger partial charge in [0.25, 0.3) is 0 Å². The number of nitrogens with zero attached hydrogens (tertiary/aromatic N) is 1. The fourth-order valence-corrected chi connectivity index (χ4v) is 3.44. The van der Waals surface area contributed by atoms with Crippen molar-refractivity contribution in [3.8, 4) is 28.3 Å². The molecule has 136 valence electrons. The molecule has 0 aliphatic heterocycles. The van der Waals surface area contributed by atoms with E-state index in [-0.39, 0.29) is 5.82 Å². The van der Waals surface area contributed by atoms with Gasteiger partial charge >= 0.3 is 0 Å². The molecule has 0 radical (unpaired) electrons. The Bertz CT molecular complexity index is 1140. The van der Waals surface area contributed by atoms with Crippen LogP contribution in [0.4, 0.5) is 4.39 Å². The summed E-state index contributed by atoms with van der Waals surface area (Å²) in [6.45, 7) is 5.81. The Morgan fingerprint density at radius 1 is 0.815 bits per heavy atom. The van der Waals surface area contributed by atoms with Crippen LogP contribution in [0.1, 0.15) is 16.7 Å². The molecular weight excluding hydrogens is 341 g/mol. The number of benzene rings is 3. The second-order valence-corrected chi connectivity index (χ2v) is 6.81. The Morgan fingerprint density at radius 3 is 2.15 bits per heavy atom. The van der Waals surface area contributed by atoms with Gasteiger partial charge in [-0.1, -0.05) is 6.07 Å². The fourth-order valence-electron chi connectivity index (χ4n) is 3.44. The van der Waals surface area contributed by atoms with Crippen LogP contribution >= 0.6 is 0 Å². The average Bonchev–Trinajstić information content (AvgIpc) is 3.07. The molecule has 0 aliphatic rings. The highest BCUT2D eigenvalue weighted by atomic mass is 19.1. The maximum Gasteiger partial charge on any atom is 0.227 e. The number of oxazole rings is 1. The Hall–Kier alpha value is -3.14. The molecule has 0 spiro atoms. The zero-order valence-corrected chi connectivity index (χ0v) is 15.8. The van der Waals surface area contributed by atoms with Crippen molar-refractivity contribution in [1.82, 2.24) is 4.98 Å². The summed E-state index contributed by atoms with van der Waals surface area (Å²) >= 11 is 0. The summed E-state index contributed by atoms with van der Waals surface area (Å²) in [5, 5.41) is 0. The number of methoxy groups -OCH3 is 1. The molecule has 0 aliphatic carbocycles. The van der Waals surface area contributed by atoms with E-state index in [1.807, 2.05) is 32.0 Å². The standard InChI is InChI=1S/C23H20FNO2/c1-13-9-17(5-7-19(13)24)23-25-20-8-6-16(12-21(20)27-23)18-10-14(2)22(26-4)15(3)11-18/h5-12H,1-4H3. The Morgan fingerprint density at radius 2 is 1.48 bits per heavy atom. The lowest BCUT2D eigenvalue weighted by atomic mass is 9.99. The lowest BCUT2D eigenvalue weighted by Gasteiger charge is -2.11. The number of fused-ring (bicyclic) bond motifs is 1. The molecule has 4 rings (SSSR count). The number of hydrogen-bond acceptors (Lipinski definition) is 3. The highest BCUT2D eigenvalue weighted by Gasteiger charge is 2.12. The molecule has 0 atom stereocenters. The van der Waals surface area contributed by atoms with Crippen LogP contribution in [0.3, 0.4) is 0 Å². The molecule has 1 heterocycles. The summed E-state index contributed by atoms with van der Waals surface area (Å²) < 4.78 is 24.9. The highest BCUT2D eigenvalue weighted by Crippen LogP contribution is 2.33. The van der Waals surface area contributed by atoms with Crippen molar-refractivity contribution in [3.63, 3.8) is 0 Å². The second kappa shape index (κ2) is 6.54. The normalized spacial score (nSPS) is 11.1. The molecule has 4 aromatic rings. The van der Waals surface area contributed by atoms with Gasteiger partial charge in [0.1, 0.15) is 17.1 Å². The molecule has 0 saturated carbocycles. The largest absolute Gasteiger partial charge is 0.496 e. The molecule has 0 fully saturated rings. The summed E-state index contributed by atoms with van der Waals surface area (Å²) in [7, 11) is 1.69. The minimum Gasteiger partial charge on any atom is -0.496 e. The smallest absolute Gasteiger partial charge is 0.227 e. The molecule has 3 nitrogen and oxygen atoms in total. The topological polar surface area (TPSA) is 35.3 Å². The highest BCUT2D eigenvalue weighted by molar-refractivity contribution is 5.82. The Labute approximate surface area is 157 Å². The van der Waals surface area contributed by atoms with Crippen molar-refractivity contribution >= 4 is 11.1 Å². The van der Waals surface area contributed by atoms with E-state index in [0.717, 1.165) is 39.1 Å². The molecule has 0 unspecified atom stereocenters. The van der Waals surface area contributed by atoms with Crippen LogP contribution in [0.5, 0.6) is 5.75 Å². The lowest BCUT2D eigenvalue weighted by molar-refractivity contribution is 0.408. The molecule has 0 amide bonds. The molecule has 4 heteroatoms. The third kappa shape index (κ3) is 3.08. The van der Waals surface area contributed by atoms with Gasteiger partial charge in [-0.25, -0.2) is 9.37 Å². The van der Waals surface area contributed by atoms with Crippen molar-refractivity contribution in [2.45, 2.75) is 20.8 Å². The maximum atomic E-state index is 13.5. The first-order chi connectivity index (χ1) is 13.0. The van der Waals surface area contributed by atoms with E-state index in [9.17, 15) is 4.39 Å².